The van der Waals surface area contributed by atoms with Gasteiger partial charge < -0.3 is 15.2 Å². The number of cyclic esters (lactones) is 1. The van der Waals surface area contributed by atoms with E-state index in [2.05, 4.69) is 5.32 Å². The molecule has 2 rings (SSSR count). The highest BCUT2D eigenvalue weighted by Crippen LogP contribution is 2.33. The van der Waals surface area contributed by atoms with Crippen LogP contribution in [0.25, 0.3) is 0 Å². The molecule has 0 amide bonds. The summed E-state index contributed by atoms with van der Waals surface area (Å²) in [5.74, 6) is -0.281. The zero-order valence-corrected chi connectivity index (χ0v) is 6.17. The van der Waals surface area contributed by atoms with E-state index in [-0.39, 0.29) is 18.5 Å². The van der Waals surface area contributed by atoms with Crippen LogP contribution in [0.4, 0.5) is 0 Å². The van der Waals surface area contributed by atoms with Gasteiger partial charge in [0.25, 0.3) is 0 Å². The van der Waals surface area contributed by atoms with Gasteiger partial charge in [-0.2, -0.15) is 0 Å². The van der Waals surface area contributed by atoms with Gasteiger partial charge in [-0.25, -0.2) is 0 Å². The zero-order chi connectivity index (χ0) is 7.90. The number of carbonyl (C=O) groups is 1. The average Bonchev–Trinajstić information content (AvgIpc) is 2.53. The Hall–Kier alpha value is -0.610. The third-order valence-electron chi connectivity index (χ3n) is 2.62. The van der Waals surface area contributed by atoms with Crippen LogP contribution in [0.1, 0.15) is 6.42 Å². The van der Waals surface area contributed by atoms with Crippen LogP contribution in [0.15, 0.2) is 0 Å². The fourth-order valence-electron chi connectivity index (χ4n) is 1.87. The van der Waals surface area contributed by atoms with Gasteiger partial charge in [0, 0.05) is 0 Å². The van der Waals surface area contributed by atoms with Crippen LogP contribution in [0, 0.1) is 5.92 Å². The van der Waals surface area contributed by atoms with E-state index in [1.165, 1.54) is 0 Å². The minimum atomic E-state index is -0.447. The van der Waals surface area contributed by atoms with Crippen molar-refractivity contribution in [3.05, 3.63) is 0 Å². The number of aliphatic hydroxyl groups is 1. The van der Waals surface area contributed by atoms with Gasteiger partial charge in [-0.3, -0.25) is 4.79 Å². The molecule has 2 aliphatic heterocycles. The summed E-state index contributed by atoms with van der Waals surface area (Å²) in [5, 5.41) is 12.2. The molecule has 4 heteroatoms. The molecule has 0 bridgehead atoms. The number of rotatable bonds is 1. The first-order valence-electron chi connectivity index (χ1n) is 3.81. The number of ether oxygens (including phenoxy) is 1. The third kappa shape index (κ3) is 0.795. The molecule has 2 aliphatic rings. The fourth-order valence-corrected chi connectivity index (χ4v) is 1.87. The Morgan fingerprint density at radius 3 is 3.27 bits per heavy atom. The SMILES string of the molecule is O=C1OC[C@]2(CO)NCC[C@H]12. The highest BCUT2D eigenvalue weighted by molar-refractivity contribution is 5.77. The van der Waals surface area contributed by atoms with Crippen molar-refractivity contribution < 1.29 is 14.6 Å². The number of fused-ring (bicyclic) bond motifs is 1. The average molecular weight is 157 g/mol. The van der Waals surface area contributed by atoms with E-state index in [1.54, 1.807) is 0 Å². The Kier molecular flexibility index (Phi) is 1.40. The van der Waals surface area contributed by atoms with E-state index in [1.807, 2.05) is 0 Å². The Labute approximate surface area is 64.5 Å². The monoisotopic (exact) mass is 157 g/mol. The van der Waals surface area contributed by atoms with Crippen LogP contribution in [0.5, 0.6) is 0 Å². The Balaban J connectivity index is 2.25. The molecule has 2 atom stereocenters. The first-order chi connectivity index (χ1) is 5.28. The molecule has 2 heterocycles. The third-order valence-corrected chi connectivity index (χ3v) is 2.62. The lowest BCUT2D eigenvalue weighted by Gasteiger charge is -2.22. The molecule has 0 aliphatic carbocycles. The predicted molar refractivity (Wildman–Crippen MR) is 36.9 cm³/mol. The van der Waals surface area contributed by atoms with Crippen molar-refractivity contribution in [2.75, 3.05) is 19.8 Å². The summed E-state index contributed by atoms with van der Waals surface area (Å²) in [4.78, 5) is 11.0. The maximum atomic E-state index is 11.0. The molecule has 0 saturated carbocycles. The zero-order valence-electron chi connectivity index (χ0n) is 6.17. The highest BCUT2D eigenvalue weighted by atomic mass is 16.5. The summed E-state index contributed by atoms with van der Waals surface area (Å²) in [5.41, 5.74) is -0.447. The number of carbonyl (C=O) groups excluding carboxylic acids is 1. The van der Waals surface area contributed by atoms with Crippen molar-refractivity contribution in [3.63, 3.8) is 0 Å². The van der Waals surface area contributed by atoms with Crippen LogP contribution < -0.4 is 5.32 Å². The lowest BCUT2D eigenvalue weighted by Crippen LogP contribution is -2.48. The maximum absolute atomic E-state index is 11.0. The molecule has 2 N–H and O–H groups in total. The Morgan fingerprint density at radius 1 is 1.82 bits per heavy atom. The summed E-state index contributed by atoms with van der Waals surface area (Å²) in [7, 11) is 0. The molecule has 0 radical (unpaired) electrons. The molecule has 62 valence electrons. The van der Waals surface area contributed by atoms with Gasteiger partial charge in [-0.15, -0.1) is 0 Å². The van der Waals surface area contributed by atoms with Gasteiger partial charge in [0.15, 0.2) is 0 Å². The smallest absolute Gasteiger partial charge is 0.311 e. The number of esters is 1. The van der Waals surface area contributed by atoms with E-state index in [0.29, 0.717) is 6.61 Å². The van der Waals surface area contributed by atoms with Crippen LogP contribution in [0.3, 0.4) is 0 Å². The summed E-state index contributed by atoms with van der Waals surface area (Å²) < 4.78 is 4.85. The molecule has 2 fully saturated rings. The minimum absolute atomic E-state index is 0.0105. The van der Waals surface area contributed by atoms with E-state index >= 15 is 0 Å². The number of nitrogens with one attached hydrogen (secondary N) is 1. The van der Waals surface area contributed by atoms with Crippen molar-refractivity contribution in [2.24, 2.45) is 5.92 Å². The normalized spacial score (nSPS) is 42.3. The molecule has 4 nitrogen and oxygen atoms in total. The lowest BCUT2D eigenvalue weighted by molar-refractivity contribution is -0.141. The van der Waals surface area contributed by atoms with Gasteiger partial charge >= 0.3 is 5.97 Å². The topological polar surface area (TPSA) is 58.6 Å². The largest absolute Gasteiger partial charge is 0.463 e. The number of aliphatic hydroxyl groups excluding tert-OH is 1. The molecule has 2 saturated heterocycles. The van der Waals surface area contributed by atoms with E-state index in [9.17, 15) is 4.79 Å². The maximum Gasteiger partial charge on any atom is 0.311 e. The van der Waals surface area contributed by atoms with Crippen LogP contribution in [-0.2, 0) is 9.53 Å². The van der Waals surface area contributed by atoms with Gasteiger partial charge in [-0.05, 0) is 13.0 Å². The van der Waals surface area contributed by atoms with Gasteiger partial charge in [-0.1, -0.05) is 0 Å². The molecule has 0 spiro atoms. The molecule has 0 aromatic rings. The number of hydrogen-bond acceptors (Lipinski definition) is 4. The summed E-state index contributed by atoms with van der Waals surface area (Å²) in [6.45, 7) is 1.12. The van der Waals surface area contributed by atoms with Crippen molar-refractivity contribution >= 4 is 5.97 Å². The number of hydrogen-bond donors (Lipinski definition) is 2. The molecular formula is C7H11NO3. The van der Waals surface area contributed by atoms with Gasteiger partial charge in [0.2, 0.25) is 0 Å². The second-order valence-corrected chi connectivity index (χ2v) is 3.19. The standard InChI is InChI=1S/C7H11NO3/c9-3-7-4-11-6(10)5(7)1-2-8-7/h5,8-9H,1-4H2/t5-,7+/m1/s1. The second-order valence-electron chi connectivity index (χ2n) is 3.19. The van der Waals surface area contributed by atoms with Crippen molar-refractivity contribution in [1.82, 2.24) is 5.32 Å². The molecule has 11 heavy (non-hydrogen) atoms. The Bertz CT molecular complexity index is 194. The molecular weight excluding hydrogens is 146 g/mol. The second kappa shape index (κ2) is 2.19. The summed E-state index contributed by atoms with van der Waals surface area (Å²) in [6, 6.07) is 0. The predicted octanol–water partition coefficient (Wildman–Crippen LogP) is -1.12. The highest BCUT2D eigenvalue weighted by Gasteiger charge is 2.52. The van der Waals surface area contributed by atoms with E-state index in [0.717, 1.165) is 13.0 Å². The van der Waals surface area contributed by atoms with Crippen molar-refractivity contribution in [3.8, 4) is 0 Å². The van der Waals surface area contributed by atoms with Crippen LogP contribution >= 0.6 is 0 Å². The van der Waals surface area contributed by atoms with Gasteiger partial charge in [0.1, 0.15) is 6.61 Å². The fraction of sp³-hybridized carbons (Fsp3) is 0.857. The van der Waals surface area contributed by atoms with Crippen molar-refractivity contribution in [1.29, 1.82) is 0 Å². The molecule has 0 aromatic carbocycles. The molecule has 0 unspecified atom stereocenters. The van der Waals surface area contributed by atoms with Crippen LogP contribution in [-0.4, -0.2) is 36.4 Å². The molecule has 0 aromatic heterocycles. The van der Waals surface area contributed by atoms with Crippen LogP contribution in [0.2, 0.25) is 0 Å². The minimum Gasteiger partial charge on any atom is -0.463 e. The van der Waals surface area contributed by atoms with E-state index in [4.69, 9.17) is 9.84 Å². The summed E-state index contributed by atoms with van der Waals surface area (Å²) >= 11 is 0. The first-order valence-corrected chi connectivity index (χ1v) is 3.81. The van der Waals surface area contributed by atoms with Crippen molar-refractivity contribution in [2.45, 2.75) is 12.0 Å². The summed E-state index contributed by atoms with van der Waals surface area (Å²) in [6.07, 6.45) is 0.791. The lowest BCUT2D eigenvalue weighted by atomic mass is 9.89. The first kappa shape index (κ1) is 7.06. The Morgan fingerprint density at radius 2 is 2.64 bits per heavy atom. The quantitative estimate of drug-likeness (QED) is 0.473. The van der Waals surface area contributed by atoms with E-state index < -0.39 is 5.54 Å². The van der Waals surface area contributed by atoms with Gasteiger partial charge in [0.05, 0.1) is 18.1 Å².